The number of hydrogen-bond acceptors (Lipinski definition) is 3. The van der Waals surface area contributed by atoms with E-state index in [2.05, 4.69) is 4.98 Å². The zero-order chi connectivity index (χ0) is 12.8. The molecule has 96 valence electrons. The molecule has 0 aliphatic carbocycles. The number of rotatable bonds is 6. The number of unbranched alkanes of at least 4 members (excludes halogenated alkanes) is 2. The molecule has 5 heteroatoms. The van der Waals surface area contributed by atoms with E-state index >= 15 is 0 Å². The molecule has 17 heavy (non-hydrogen) atoms. The molecule has 0 aliphatic rings. The van der Waals surface area contributed by atoms with Crippen molar-refractivity contribution in [3.8, 4) is 0 Å². The van der Waals surface area contributed by atoms with Gasteiger partial charge in [-0.15, -0.1) is 22.9 Å². The first kappa shape index (κ1) is 14.5. The van der Waals surface area contributed by atoms with E-state index in [1.54, 1.807) is 4.90 Å². The zero-order valence-electron chi connectivity index (χ0n) is 10.6. The third kappa shape index (κ3) is 4.28. The highest BCUT2D eigenvalue weighted by atomic mass is 35.5. The molecule has 3 nitrogen and oxygen atoms in total. The highest BCUT2D eigenvalue weighted by Crippen LogP contribution is 2.18. The highest BCUT2D eigenvalue weighted by molar-refractivity contribution is 7.13. The summed E-state index contributed by atoms with van der Waals surface area (Å²) in [5, 5.41) is 0.946. The standard InChI is InChI=1S/C12H19ClN2OS/c1-9-11(17-10(2)14-9)12(16)15(3)8-6-4-5-7-13/h4-8H2,1-3H3. The highest BCUT2D eigenvalue weighted by Gasteiger charge is 2.17. The van der Waals surface area contributed by atoms with Gasteiger partial charge in [-0.25, -0.2) is 4.98 Å². The van der Waals surface area contributed by atoms with Crippen LogP contribution in [0.25, 0.3) is 0 Å². The molecule has 0 radical (unpaired) electrons. The Kier molecular flexibility index (Phi) is 5.92. The van der Waals surface area contributed by atoms with E-state index in [0.717, 1.165) is 41.4 Å². The van der Waals surface area contributed by atoms with E-state index in [1.807, 2.05) is 20.9 Å². The van der Waals surface area contributed by atoms with Gasteiger partial charge in [0.15, 0.2) is 0 Å². The fourth-order valence-corrected chi connectivity index (χ4v) is 2.73. The Morgan fingerprint density at radius 1 is 1.35 bits per heavy atom. The van der Waals surface area contributed by atoms with Crippen LogP contribution in [0.2, 0.25) is 0 Å². The Morgan fingerprint density at radius 3 is 2.59 bits per heavy atom. The smallest absolute Gasteiger partial charge is 0.265 e. The first-order valence-electron chi connectivity index (χ1n) is 5.81. The van der Waals surface area contributed by atoms with Crippen LogP contribution in [0.1, 0.15) is 39.6 Å². The van der Waals surface area contributed by atoms with Crippen molar-refractivity contribution >= 4 is 28.8 Å². The minimum absolute atomic E-state index is 0.0824. The quantitative estimate of drug-likeness (QED) is 0.589. The Labute approximate surface area is 112 Å². The van der Waals surface area contributed by atoms with Crippen LogP contribution in [-0.4, -0.2) is 35.3 Å². The van der Waals surface area contributed by atoms with Crippen molar-refractivity contribution < 1.29 is 4.79 Å². The number of halogens is 1. The minimum atomic E-state index is 0.0824. The van der Waals surface area contributed by atoms with Gasteiger partial charge in [0.05, 0.1) is 10.7 Å². The van der Waals surface area contributed by atoms with Gasteiger partial charge in [0.1, 0.15) is 4.88 Å². The molecule has 0 fully saturated rings. The molecule has 1 aromatic rings. The number of nitrogens with zero attached hydrogens (tertiary/aromatic N) is 2. The normalized spacial score (nSPS) is 10.6. The topological polar surface area (TPSA) is 33.2 Å². The van der Waals surface area contributed by atoms with E-state index < -0.39 is 0 Å². The molecule has 1 aromatic heterocycles. The lowest BCUT2D eigenvalue weighted by atomic mass is 10.2. The second kappa shape index (κ2) is 6.97. The van der Waals surface area contributed by atoms with Crippen LogP contribution in [0.4, 0.5) is 0 Å². The Balaban J connectivity index is 2.49. The number of carbonyl (C=O) groups is 1. The first-order valence-corrected chi connectivity index (χ1v) is 7.16. The second-order valence-corrected chi connectivity index (χ2v) is 5.70. The van der Waals surface area contributed by atoms with Gasteiger partial charge in [0, 0.05) is 19.5 Å². The molecule has 1 heterocycles. The summed E-state index contributed by atoms with van der Waals surface area (Å²) < 4.78 is 0. The van der Waals surface area contributed by atoms with Gasteiger partial charge in [0.25, 0.3) is 5.91 Å². The molecular weight excluding hydrogens is 256 g/mol. The minimum Gasteiger partial charge on any atom is -0.341 e. The van der Waals surface area contributed by atoms with E-state index in [1.165, 1.54) is 11.3 Å². The van der Waals surface area contributed by atoms with Crippen molar-refractivity contribution in [2.75, 3.05) is 19.5 Å². The molecule has 0 saturated carbocycles. The molecule has 0 spiro atoms. The van der Waals surface area contributed by atoms with Crippen molar-refractivity contribution in [1.29, 1.82) is 0 Å². The number of thiazole rings is 1. The monoisotopic (exact) mass is 274 g/mol. The summed E-state index contributed by atoms with van der Waals surface area (Å²) in [6.45, 7) is 4.60. The summed E-state index contributed by atoms with van der Waals surface area (Å²) in [5.74, 6) is 0.782. The van der Waals surface area contributed by atoms with Crippen molar-refractivity contribution in [3.05, 3.63) is 15.6 Å². The fraction of sp³-hybridized carbons (Fsp3) is 0.667. The number of alkyl halides is 1. The van der Waals surface area contributed by atoms with Gasteiger partial charge >= 0.3 is 0 Å². The lowest BCUT2D eigenvalue weighted by Gasteiger charge is -2.16. The third-order valence-electron chi connectivity index (χ3n) is 2.57. The summed E-state index contributed by atoms with van der Waals surface area (Å²) >= 11 is 7.08. The number of amides is 1. The lowest BCUT2D eigenvalue weighted by Crippen LogP contribution is -2.27. The number of hydrogen-bond donors (Lipinski definition) is 0. The van der Waals surface area contributed by atoms with E-state index in [-0.39, 0.29) is 5.91 Å². The summed E-state index contributed by atoms with van der Waals surface area (Å²) in [7, 11) is 1.84. The van der Waals surface area contributed by atoms with Crippen LogP contribution < -0.4 is 0 Å². The molecule has 0 unspecified atom stereocenters. The molecule has 0 aromatic carbocycles. The van der Waals surface area contributed by atoms with E-state index in [4.69, 9.17) is 11.6 Å². The Morgan fingerprint density at radius 2 is 2.06 bits per heavy atom. The maximum Gasteiger partial charge on any atom is 0.265 e. The van der Waals surface area contributed by atoms with Crippen LogP contribution in [0, 0.1) is 13.8 Å². The van der Waals surface area contributed by atoms with Gasteiger partial charge in [-0.1, -0.05) is 6.42 Å². The maximum absolute atomic E-state index is 12.1. The average molecular weight is 275 g/mol. The molecule has 0 atom stereocenters. The number of aromatic nitrogens is 1. The average Bonchev–Trinajstić information content (AvgIpc) is 2.62. The maximum atomic E-state index is 12.1. The van der Waals surface area contributed by atoms with Crippen LogP contribution in [0.15, 0.2) is 0 Å². The predicted octanol–water partition coefficient (Wildman–Crippen LogP) is 3.24. The van der Waals surface area contributed by atoms with Gasteiger partial charge in [-0.05, 0) is 26.7 Å². The summed E-state index contributed by atoms with van der Waals surface area (Å²) in [6.07, 6.45) is 3.09. The van der Waals surface area contributed by atoms with Crippen molar-refractivity contribution in [2.24, 2.45) is 0 Å². The van der Waals surface area contributed by atoms with Crippen LogP contribution in [0.5, 0.6) is 0 Å². The Hall–Kier alpha value is -0.610. The first-order chi connectivity index (χ1) is 8.06. The van der Waals surface area contributed by atoms with E-state index in [9.17, 15) is 4.79 Å². The predicted molar refractivity (Wildman–Crippen MR) is 73.1 cm³/mol. The second-order valence-electron chi connectivity index (χ2n) is 4.12. The van der Waals surface area contributed by atoms with Gasteiger partial charge < -0.3 is 4.90 Å². The van der Waals surface area contributed by atoms with Crippen LogP contribution in [-0.2, 0) is 0 Å². The largest absolute Gasteiger partial charge is 0.341 e. The summed E-state index contributed by atoms with van der Waals surface area (Å²) in [5.41, 5.74) is 0.838. The lowest BCUT2D eigenvalue weighted by molar-refractivity contribution is 0.0796. The molecule has 0 bridgehead atoms. The number of carbonyl (C=O) groups excluding carboxylic acids is 1. The van der Waals surface area contributed by atoms with Crippen molar-refractivity contribution in [1.82, 2.24) is 9.88 Å². The van der Waals surface area contributed by atoms with Gasteiger partial charge in [-0.2, -0.15) is 0 Å². The van der Waals surface area contributed by atoms with Crippen LogP contribution in [0.3, 0.4) is 0 Å². The Bertz CT molecular complexity index is 379. The van der Waals surface area contributed by atoms with Crippen LogP contribution >= 0.6 is 22.9 Å². The molecule has 0 aliphatic heterocycles. The van der Waals surface area contributed by atoms with E-state index in [0.29, 0.717) is 5.88 Å². The fourth-order valence-electron chi connectivity index (χ4n) is 1.62. The third-order valence-corrected chi connectivity index (χ3v) is 3.90. The van der Waals surface area contributed by atoms with Gasteiger partial charge in [0.2, 0.25) is 0 Å². The zero-order valence-corrected chi connectivity index (χ0v) is 12.2. The van der Waals surface area contributed by atoms with Crippen molar-refractivity contribution in [3.63, 3.8) is 0 Å². The molecule has 1 amide bonds. The molecule has 0 N–H and O–H groups in total. The molecular formula is C12H19ClN2OS. The number of aryl methyl sites for hydroxylation is 2. The van der Waals surface area contributed by atoms with Gasteiger partial charge in [-0.3, -0.25) is 4.79 Å². The molecule has 0 saturated heterocycles. The van der Waals surface area contributed by atoms with Crippen molar-refractivity contribution in [2.45, 2.75) is 33.1 Å². The molecule has 1 rings (SSSR count). The SMILES string of the molecule is Cc1nc(C)c(C(=O)N(C)CCCCCCl)s1. The summed E-state index contributed by atoms with van der Waals surface area (Å²) in [6, 6.07) is 0. The summed E-state index contributed by atoms with van der Waals surface area (Å²) in [4.78, 5) is 18.9.